The molecule has 1 heterocycles. The lowest BCUT2D eigenvalue weighted by molar-refractivity contribution is -0.121. The predicted molar refractivity (Wildman–Crippen MR) is 52.8 cm³/mol. The van der Waals surface area contributed by atoms with Crippen LogP contribution in [-0.2, 0) is 4.79 Å². The molecule has 2 rings (SSSR count). The average Bonchev–Trinajstić information content (AvgIpc) is 2.23. The molecule has 2 atom stereocenters. The molecule has 0 N–H and O–H groups in total. The summed E-state index contributed by atoms with van der Waals surface area (Å²) in [6.45, 7) is 2.20. The van der Waals surface area contributed by atoms with Crippen LogP contribution >= 0.6 is 0 Å². The van der Waals surface area contributed by atoms with Gasteiger partial charge in [0.1, 0.15) is 12.1 Å². The first-order valence-corrected chi connectivity index (χ1v) is 5.04. The summed E-state index contributed by atoms with van der Waals surface area (Å²) in [6, 6.07) is 0. The minimum Gasteiger partial charge on any atom is -0.300 e. The molecule has 0 amide bonds. The van der Waals surface area contributed by atoms with Gasteiger partial charge in [-0.1, -0.05) is 6.92 Å². The van der Waals surface area contributed by atoms with Crippen molar-refractivity contribution in [2.75, 3.05) is 0 Å². The maximum Gasteiger partial charge on any atom is 0.133 e. The molecule has 1 aliphatic rings. The molecule has 1 aromatic heterocycles. The third-order valence-corrected chi connectivity index (χ3v) is 3.02. The number of nitrogens with zero attached hydrogens (tertiary/aromatic N) is 2. The summed E-state index contributed by atoms with van der Waals surface area (Å²) < 4.78 is 0. The largest absolute Gasteiger partial charge is 0.300 e. The van der Waals surface area contributed by atoms with Crippen molar-refractivity contribution < 1.29 is 4.79 Å². The second kappa shape index (κ2) is 3.86. The Balaban J connectivity index is 2.20. The molecule has 74 valence electrons. The molecule has 0 saturated heterocycles. The van der Waals surface area contributed by atoms with Gasteiger partial charge in [-0.25, -0.2) is 9.97 Å². The molecule has 0 spiro atoms. The van der Waals surface area contributed by atoms with Gasteiger partial charge >= 0.3 is 0 Å². The molecular formula is C11H14N2O. The summed E-state index contributed by atoms with van der Waals surface area (Å²) in [5.74, 6) is 1.27. The van der Waals surface area contributed by atoms with Crippen LogP contribution in [0.3, 0.4) is 0 Å². The van der Waals surface area contributed by atoms with Gasteiger partial charge < -0.3 is 0 Å². The van der Waals surface area contributed by atoms with Gasteiger partial charge in [0, 0.05) is 25.2 Å². The van der Waals surface area contributed by atoms with E-state index in [2.05, 4.69) is 16.9 Å². The van der Waals surface area contributed by atoms with E-state index in [-0.39, 0.29) is 0 Å². The summed E-state index contributed by atoms with van der Waals surface area (Å²) in [6.07, 6.45) is 7.58. The number of Topliss-reactive ketones (excluding diaryl/α,β-unsaturated/α-hetero) is 1. The first-order chi connectivity index (χ1) is 6.77. The number of rotatable bonds is 1. The lowest BCUT2D eigenvalue weighted by Crippen LogP contribution is -2.21. The zero-order valence-corrected chi connectivity index (χ0v) is 8.31. The van der Waals surface area contributed by atoms with Crippen molar-refractivity contribution in [2.45, 2.75) is 32.1 Å². The highest BCUT2D eigenvalue weighted by Crippen LogP contribution is 2.34. The van der Waals surface area contributed by atoms with E-state index in [1.165, 1.54) is 6.33 Å². The Morgan fingerprint density at radius 1 is 1.36 bits per heavy atom. The molecular weight excluding hydrogens is 176 g/mol. The highest BCUT2D eigenvalue weighted by atomic mass is 16.1. The van der Waals surface area contributed by atoms with Crippen molar-refractivity contribution in [3.05, 3.63) is 24.3 Å². The number of aromatic nitrogens is 2. The van der Waals surface area contributed by atoms with Crippen molar-refractivity contribution in [1.82, 2.24) is 9.97 Å². The van der Waals surface area contributed by atoms with E-state index in [9.17, 15) is 4.79 Å². The topological polar surface area (TPSA) is 42.9 Å². The van der Waals surface area contributed by atoms with Gasteiger partial charge in [-0.3, -0.25) is 4.79 Å². The van der Waals surface area contributed by atoms with E-state index < -0.39 is 0 Å². The van der Waals surface area contributed by atoms with Crippen LogP contribution in [0.15, 0.2) is 18.7 Å². The predicted octanol–water partition coefficient (Wildman–Crippen LogP) is 1.95. The van der Waals surface area contributed by atoms with Gasteiger partial charge in [-0.15, -0.1) is 0 Å². The lowest BCUT2D eigenvalue weighted by Gasteiger charge is -2.27. The summed E-state index contributed by atoms with van der Waals surface area (Å²) in [5.41, 5.74) is 1.10. The fourth-order valence-electron chi connectivity index (χ4n) is 2.09. The number of hydrogen-bond acceptors (Lipinski definition) is 3. The van der Waals surface area contributed by atoms with Crippen molar-refractivity contribution in [3.63, 3.8) is 0 Å². The van der Waals surface area contributed by atoms with Crippen LogP contribution in [0.2, 0.25) is 0 Å². The number of carbonyl (C=O) groups is 1. The number of carbonyl (C=O) groups excluding carboxylic acids is 1. The molecule has 3 heteroatoms. The first-order valence-electron chi connectivity index (χ1n) is 5.04. The third kappa shape index (κ3) is 1.81. The Morgan fingerprint density at radius 3 is 2.79 bits per heavy atom. The van der Waals surface area contributed by atoms with Gasteiger partial charge in [0.05, 0.1) is 0 Å². The summed E-state index contributed by atoms with van der Waals surface area (Å²) >= 11 is 0. The minimum absolute atomic E-state index is 0.331. The molecule has 0 bridgehead atoms. The monoisotopic (exact) mass is 190 g/mol. The molecule has 1 aliphatic carbocycles. The zero-order valence-electron chi connectivity index (χ0n) is 8.31. The van der Waals surface area contributed by atoms with Crippen molar-refractivity contribution >= 4 is 5.78 Å². The highest BCUT2D eigenvalue weighted by molar-refractivity contribution is 5.80. The van der Waals surface area contributed by atoms with Crippen LogP contribution in [0.5, 0.6) is 0 Å². The Hall–Kier alpha value is -1.25. The quantitative estimate of drug-likeness (QED) is 0.679. The van der Waals surface area contributed by atoms with Crippen molar-refractivity contribution in [3.8, 4) is 0 Å². The van der Waals surface area contributed by atoms with Crippen LogP contribution in [-0.4, -0.2) is 15.8 Å². The van der Waals surface area contributed by atoms with Gasteiger partial charge in [0.25, 0.3) is 0 Å². The average molecular weight is 190 g/mol. The maximum absolute atomic E-state index is 11.4. The fourth-order valence-corrected chi connectivity index (χ4v) is 2.09. The lowest BCUT2D eigenvalue weighted by atomic mass is 9.77. The molecule has 0 aromatic carbocycles. The van der Waals surface area contributed by atoms with E-state index in [0.717, 1.165) is 18.4 Å². The fraction of sp³-hybridized carbons (Fsp3) is 0.545. The Bertz CT molecular complexity index is 323. The van der Waals surface area contributed by atoms with Gasteiger partial charge in [0.2, 0.25) is 0 Å². The minimum atomic E-state index is 0.331. The summed E-state index contributed by atoms with van der Waals surface area (Å²) in [5, 5.41) is 0. The van der Waals surface area contributed by atoms with Crippen molar-refractivity contribution in [1.29, 1.82) is 0 Å². The van der Waals surface area contributed by atoms with E-state index >= 15 is 0 Å². The second-order valence-corrected chi connectivity index (χ2v) is 4.04. The van der Waals surface area contributed by atoms with Crippen LogP contribution < -0.4 is 0 Å². The van der Waals surface area contributed by atoms with E-state index in [0.29, 0.717) is 24.0 Å². The van der Waals surface area contributed by atoms with Crippen LogP contribution in [0, 0.1) is 5.92 Å². The van der Waals surface area contributed by atoms with Crippen LogP contribution in [0.1, 0.15) is 37.7 Å². The van der Waals surface area contributed by atoms with E-state index in [1.54, 1.807) is 0 Å². The second-order valence-electron chi connectivity index (χ2n) is 4.04. The number of ketones is 1. The molecule has 14 heavy (non-hydrogen) atoms. The molecule has 1 aromatic rings. The van der Waals surface area contributed by atoms with E-state index in [1.807, 2.05) is 12.4 Å². The molecule has 2 unspecified atom stereocenters. The normalized spacial score (nSPS) is 27.6. The zero-order chi connectivity index (χ0) is 9.97. The third-order valence-electron chi connectivity index (χ3n) is 3.02. The van der Waals surface area contributed by atoms with Gasteiger partial charge in [-0.05, 0) is 23.8 Å². The van der Waals surface area contributed by atoms with Gasteiger partial charge in [0.15, 0.2) is 0 Å². The summed E-state index contributed by atoms with van der Waals surface area (Å²) in [7, 11) is 0. The standard InChI is InChI=1S/C11H14N2O/c1-8-2-3-10(14)4-11(8)9-5-12-7-13-6-9/h5-8,11H,2-4H2,1H3. The Kier molecular flexibility index (Phi) is 2.57. The van der Waals surface area contributed by atoms with Gasteiger partial charge in [-0.2, -0.15) is 0 Å². The maximum atomic E-state index is 11.4. The van der Waals surface area contributed by atoms with Crippen molar-refractivity contribution in [2.24, 2.45) is 5.92 Å². The number of hydrogen-bond donors (Lipinski definition) is 0. The van der Waals surface area contributed by atoms with E-state index in [4.69, 9.17) is 0 Å². The Labute approximate surface area is 83.6 Å². The first kappa shape index (κ1) is 9.31. The highest BCUT2D eigenvalue weighted by Gasteiger charge is 2.27. The molecule has 0 radical (unpaired) electrons. The Morgan fingerprint density at radius 2 is 2.07 bits per heavy atom. The molecule has 0 aliphatic heterocycles. The van der Waals surface area contributed by atoms with Crippen LogP contribution in [0.25, 0.3) is 0 Å². The summed E-state index contributed by atoms with van der Waals surface area (Å²) in [4.78, 5) is 19.3. The molecule has 1 fully saturated rings. The smallest absolute Gasteiger partial charge is 0.133 e. The molecule has 1 saturated carbocycles. The van der Waals surface area contributed by atoms with Crippen LogP contribution in [0.4, 0.5) is 0 Å². The molecule has 3 nitrogen and oxygen atoms in total. The SMILES string of the molecule is CC1CCC(=O)CC1c1cncnc1.